The van der Waals surface area contributed by atoms with E-state index in [4.69, 9.17) is 10.5 Å². The van der Waals surface area contributed by atoms with Crippen LogP contribution in [0.4, 0.5) is 0 Å². The summed E-state index contributed by atoms with van der Waals surface area (Å²) < 4.78 is 6.80. The van der Waals surface area contributed by atoms with Crippen molar-refractivity contribution < 1.29 is 4.74 Å². The summed E-state index contributed by atoms with van der Waals surface area (Å²) in [4.78, 5) is 0. The van der Waals surface area contributed by atoms with E-state index in [1.54, 1.807) is 0 Å². The lowest BCUT2D eigenvalue weighted by Gasteiger charge is -2.14. The zero-order valence-corrected chi connectivity index (χ0v) is 11.6. The minimum absolute atomic E-state index is 0.00123. The minimum atomic E-state index is -0.00123. The summed E-state index contributed by atoms with van der Waals surface area (Å²) in [6, 6.07) is 5.99. The Hall–Kier alpha value is -0.540. The molecule has 0 saturated heterocycles. The Labute approximate surface area is 106 Å². The van der Waals surface area contributed by atoms with Crippen LogP contribution in [0.5, 0.6) is 5.75 Å². The monoisotopic (exact) mass is 285 g/mol. The molecule has 0 aliphatic heterocycles. The molecule has 0 radical (unpaired) electrons. The average molecular weight is 286 g/mol. The number of rotatable bonds is 6. The maximum absolute atomic E-state index is 5.91. The molecule has 0 amide bonds. The van der Waals surface area contributed by atoms with Crippen molar-refractivity contribution in [2.75, 3.05) is 6.61 Å². The largest absolute Gasteiger partial charge is 0.493 e. The van der Waals surface area contributed by atoms with Crippen molar-refractivity contribution in [3.8, 4) is 5.75 Å². The predicted molar refractivity (Wildman–Crippen MR) is 71.8 cm³/mol. The first-order chi connectivity index (χ1) is 7.65. The molecule has 16 heavy (non-hydrogen) atoms. The van der Waals surface area contributed by atoms with Crippen molar-refractivity contribution in [2.24, 2.45) is 5.73 Å². The molecule has 1 rings (SSSR count). The van der Waals surface area contributed by atoms with Crippen LogP contribution in [0.25, 0.3) is 0 Å². The molecular weight excluding hydrogens is 266 g/mol. The number of hydrogen-bond acceptors (Lipinski definition) is 2. The first kappa shape index (κ1) is 13.5. The molecule has 0 aliphatic rings. The van der Waals surface area contributed by atoms with Crippen molar-refractivity contribution in [1.82, 2.24) is 0 Å². The van der Waals surface area contributed by atoms with Crippen molar-refractivity contribution in [3.63, 3.8) is 0 Å². The lowest BCUT2D eigenvalue weighted by Crippen LogP contribution is -2.08. The minimum Gasteiger partial charge on any atom is -0.493 e. The van der Waals surface area contributed by atoms with Gasteiger partial charge in [0.15, 0.2) is 0 Å². The van der Waals surface area contributed by atoms with E-state index in [1.807, 2.05) is 25.1 Å². The van der Waals surface area contributed by atoms with E-state index in [0.717, 1.165) is 28.8 Å². The first-order valence-electron chi connectivity index (χ1n) is 5.83. The molecule has 0 heterocycles. The number of benzene rings is 1. The second-order valence-corrected chi connectivity index (χ2v) is 4.94. The van der Waals surface area contributed by atoms with Crippen LogP contribution in [0, 0.1) is 0 Å². The third kappa shape index (κ3) is 4.14. The third-order valence-electron chi connectivity index (χ3n) is 2.47. The summed E-state index contributed by atoms with van der Waals surface area (Å²) in [6.07, 6.45) is 3.53. The van der Waals surface area contributed by atoms with Crippen LogP contribution in [0.15, 0.2) is 22.7 Å². The topological polar surface area (TPSA) is 35.2 Å². The standard InChI is InChI=1S/C13H20BrNO/c1-3-4-5-8-16-13-7-6-11(14)9-12(13)10(2)15/h6-7,9-10H,3-5,8,15H2,1-2H3. The number of unbranched alkanes of at least 4 members (excludes halogenated alkanes) is 2. The van der Waals surface area contributed by atoms with E-state index < -0.39 is 0 Å². The number of nitrogens with two attached hydrogens (primary N) is 1. The van der Waals surface area contributed by atoms with Gasteiger partial charge in [0.25, 0.3) is 0 Å². The van der Waals surface area contributed by atoms with Crippen LogP contribution in [-0.2, 0) is 0 Å². The maximum atomic E-state index is 5.91. The fourth-order valence-electron chi connectivity index (χ4n) is 1.54. The highest BCUT2D eigenvalue weighted by Crippen LogP contribution is 2.27. The average Bonchev–Trinajstić information content (AvgIpc) is 2.26. The van der Waals surface area contributed by atoms with Crippen LogP contribution < -0.4 is 10.5 Å². The van der Waals surface area contributed by atoms with Crippen LogP contribution in [0.3, 0.4) is 0 Å². The molecule has 90 valence electrons. The van der Waals surface area contributed by atoms with E-state index in [9.17, 15) is 0 Å². The predicted octanol–water partition coefficient (Wildman–Crippen LogP) is 4.04. The maximum Gasteiger partial charge on any atom is 0.124 e. The van der Waals surface area contributed by atoms with Gasteiger partial charge >= 0.3 is 0 Å². The summed E-state index contributed by atoms with van der Waals surface area (Å²) in [5, 5.41) is 0. The zero-order chi connectivity index (χ0) is 12.0. The van der Waals surface area contributed by atoms with E-state index >= 15 is 0 Å². The number of hydrogen-bond donors (Lipinski definition) is 1. The lowest BCUT2D eigenvalue weighted by atomic mass is 10.1. The van der Waals surface area contributed by atoms with Crippen LogP contribution >= 0.6 is 15.9 Å². The normalized spacial score (nSPS) is 12.5. The van der Waals surface area contributed by atoms with Gasteiger partial charge in [0.05, 0.1) is 6.61 Å². The lowest BCUT2D eigenvalue weighted by molar-refractivity contribution is 0.302. The molecule has 0 aromatic heterocycles. The molecule has 0 spiro atoms. The van der Waals surface area contributed by atoms with E-state index in [0.29, 0.717) is 0 Å². The molecule has 2 nitrogen and oxygen atoms in total. The van der Waals surface area contributed by atoms with Gasteiger partial charge in [-0.25, -0.2) is 0 Å². The quantitative estimate of drug-likeness (QED) is 0.801. The van der Waals surface area contributed by atoms with Gasteiger partial charge in [-0.2, -0.15) is 0 Å². The van der Waals surface area contributed by atoms with Gasteiger partial charge in [0.1, 0.15) is 5.75 Å². The number of ether oxygens (including phenoxy) is 1. The highest BCUT2D eigenvalue weighted by Gasteiger charge is 2.08. The molecule has 1 aromatic carbocycles. The Morgan fingerprint density at radius 3 is 2.75 bits per heavy atom. The molecule has 1 aromatic rings. The molecule has 0 aliphatic carbocycles. The fraction of sp³-hybridized carbons (Fsp3) is 0.538. The van der Waals surface area contributed by atoms with E-state index in [1.165, 1.54) is 12.8 Å². The molecule has 3 heteroatoms. The Morgan fingerprint density at radius 1 is 1.38 bits per heavy atom. The van der Waals surface area contributed by atoms with Gasteiger partial charge in [0, 0.05) is 16.1 Å². The van der Waals surface area contributed by atoms with Crippen molar-refractivity contribution in [3.05, 3.63) is 28.2 Å². The highest BCUT2D eigenvalue weighted by molar-refractivity contribution is 9.10. The van der Waals surface area contributed by atoms with Crippen LogP contribution in [0.1, 0.15) is 44.7 Å². The summed E-state index contributed by atoms with van der Waals surface area (Å²) in [6.45, 7) is 4.93. The van der Waals surface area contributed by atoms with E-state index in [2.05, 4.69) is 22.9 Å². The Morgan fingerprint density at radius 2 is 2.12 bits per heavy atom. The summed E-state index contributed by atoms with van der Waals surface area (Å²) in [5.74, 6) is 0.911. The molecular formula is C13H20BrNO. The van der Waals surface area contributed by atoms with Gasteiger partial charge in [-0.05, 0) is 31.5 Å². The van der Waals surface area contributed by atoms with Gasteiger partial charge in [-0.3, -0.25) is 0 Å². The second-order valence-electron chi connectivity index (χ2n) is 4.03. The molecule has 1 atom stereocenters. The third-order valence-corrected chi connectivity index (χ3v) is 2.96. The zero-order valence-electron chi connectivity index (χ0n) is 10.0. The Kier molecular flexibility index (Phi) is 5.85. The summed E-state index contributed by atoms with van der Waals surface area (Å²) in [5.41, 5.74) is 6.97. The Bertz CT molecular complexity index is 326. The van der Waals surface area contributed by atoms with Crippen LogP contribution in [-0.4, -0.2) is 6.61 Å². The van der Waals surface area contributed by atoms with E-state index in [-0.39, 0.29) is 6.04 Å². The van der Waals surface area contributed by atoms with Crippen molar-refractivity contribution in [2.45, 2.75) is 39.2 Å². The molecule has 0 bridgehead atoms. The molecule has 1 unspecified atom stereocenters. The van der Waals surface area contributed by atoms with Crippen molar-refractivity contribution in [1.29, 1.82) is 0 Å². The smallest absolute Gasteiger partial charge is 0.124 e. The first-order valence-corrected chi connectivity index (χ1v) is 6.62. The van der Waals surface area contributed by atoms with Gasteiger partial charge in [-0.1, -0.05) is 35.7 Å². The fourth-order valence-corrected chi connectivity index (χ4v) is 1.92. The van der Waals surface area contributed by atoms with Crippen molar-refractivity contribution >= 4 is 15.9 Å². The second kappa shape index (κ2) is 6.92. The molecule has 0 fully saturated rings. The Balaban J connectivity index is 2.64. The number of halogens is 1. The van der Waals surface area contributed by atoms with Gasteiger partial charge in [0.2, 0.25) is 0 Å². The van der Waals surface area contributed by atoms with Gasteiger partial charge < -0.3 is 10.5 Å². The highest BCUT2D eigenvalue weighted by atomic mass is 79.9. The summed E-state index contributed by atoms with van der Waals surface area (Å²) in [7, 11) is 0. The summed E-state index contributed by atoms with van der Waals surface area (Å²) >= 11 is 3.45. The SMILES string of the molecule is CCCCCOc1ccc(Br)cc1C(C)N. The van der Waals surface area contributed by atoms with Gasteiger partial charge in [-0.15, -0.1) is 0 Å². The van der Waals surface area contributed by atoms with Crippen LogP contribution in [0.2, 0.25) is 0 Å². The molecule has 2 N–H and O–H groups in total. The molecule has 0 saturated carbocycles.